The van der Waals surface area contributed by atoms with E-state index in [4.69, 9.17) is 0 Å². The lowest BCUT2D eigenvalue weighted by Crippen LogP contribution is -2.52. The number of benzene rings is 2. The molecule has 1 aliphatic heterocycles. The second-order valence-corrected chi connectivity index (χ2v) is 9.36. The maximum absolute atomic E-state index is 12.8. The van der Waals surface area contributed by atoms with Gasteiger partial charge in [-0.15, -0.1) is 0 Å². The number of para-hydroxylation sites is 1. The van der Waals surface area contributed by atoms with Gasteiger partial charge in [0.2, 0.25) is 5.91 Å². The van der Waals surface area contributed by atoms with Gasteiger partial charge in [0, 0.05) is 36.5 Å². The SMILES string of the molecule is CC(=O)N1C[C@@H](c2c[nH]c3ccccc23)C=C[C@H]1C(=O)NS(=O)(=O)c1ccc(C)cc1. The first-order valence-electron chi connectivity index (χ1n) is 9.91. The lowest BCUT2D eigenvalue weighted by atomic mass is 9.92. The predicted molar refractivity (Wildman–Crippen MR) is 118 cm³/mol. The number of hydrogen-bond donors (Lipinski definition) is 2. The number of amides is 2. The van der Waals surface area contributed by atoms with Gasteiger partial charge in [-0.05, 0) is 30.7 Å². The van der Waals surface area contributed by atoms with Gasteiger partial charge >= 0.3 is 0 Å². The molecular weight excluding hydrogens is 414 g/mol. The standard InChI is InChI=1S/C23H23N3O4S/c1-15-7-10-18(11-8-15)31(29,30)25-23(28)22-12-9-17(14-26(22)16(2)27)20-13-24-21-6-4-3-5-19(20)21/h3-13,17,22,24H,14H2,1-2H3,(H,25,28)/t17-,22-/m0/s1. The molecule has 3 aromatic rings. The summed E-state index contributed by atoms with van der Waals surface area (Å²) in [6, 6.07) is 13.1. The first-order chi connectivity index (χ1) is 14.8. The third-order valence-electron chi connectivity index (χ3n) is 5.51. The van der Waals surface area contributed by atoms with Gasteiger partial charge < -0.3 is 9.88 Å². The highest BCUT2D eigenvalue weighted by Crippen LogP contribution is 2.30. The van der Waals surface area contributed by atoms with Gasteiger partial charge in [0.1, 0.15) is 6.04 Å². The van der Waals surface area contributed by atoms with Gasteiger partial charge in [0.25, 0.3) is 15.9 Å². The molecule has 160 valence electrons. The molecule has 8 heteroatoms. The highest BCUT2D eigenvalue weighted by Gasteiger charge is 2.34. The van der Waals surface area contributed by atoms with Crippen LogP contribution in [0.5, 0.6) is 0 Å². The quantitative estimate of drug-likeness (QED) is 0.613. The molecule has 2 amide bonds. The van der Waals surface area contributed by atoms with E-state index < -0.39 is 22.0 Å². The van der Waals surface area contributed by atoms with E-state index in [1.807, 2.05) is 43.5 Å². The van der Waals surface area contributed by atoms with E-state index in [-0.39, 0.29) is 23.3 Å². The molecule has 0 fully saturated rings. The Morgan fingerprint density at radius 3 is 2.48 bits per heavy atom. The van der Waals surface area contributed by atoms with Crippen molar-refractivity contribution < 1.29 is 18.0 Å². The zero-order valence-corrected chi connectivity index (χ0v) is 18.0. The Balaban J connectivity index is 1.59. The molecule has 1 aromatic heterocycles. The first-order valence-corrected chi connectivity index (χ1v) is 11.4. The molecule has 2 N–H and O–H groups in total. The number of sulfonamides is 1. The van der Waals surface area contributed by atoms with Crippen LogP contribution in [0.3, 0.4) is 0 Å². The molecular formula is C23H23N3O4S. The van der Waals surface area contributed by atoms with Crippen LogP contribution in [-0.4, -0.2) is 42.7 Å². The predicted octanol–water partition coefficient (Wildman–Crippen LogP) is 2.85. The Hall–Kier alpha value is -3.39. The van der Waals surface area contributed by atoms with Crippen LogP contribution in [0.1, 0.15) is 24.0 Å². The number of aryl methyl sites for hydroxylation is 1. The number of carbonyl (C=O) groups is 2. The Morgan fingerprint density at radius 1 is 1.06 bits per heavy atom. The zero-order chi connectivity index (χ0) is 22.2. The lowest BCUT2D eigenvalue weighted by Gasteiger charge is -2.34. The van der Waals surface area contributed by atoms with E-state index in [1.54, 1.807) is 18.2 Å². The third-order valence-corrected chi connectivity index (χ3v) is 6.88. The first kappa shape index (κ1) is 20.9. The Bertz CT molecular complexity index is 1280. The highest BCUT2D eigenvalue weighted by atomic mass is 32.2. The number of aromatic nitrogens is 1. The average molecular weight is 438 g/mol. The second kappa shape index (κ2) is 8.03. The zero-order valence-electron chi connectivity index (χ0n) is 17.2. The monoisotopic (exact) mass is 437 g/mol. The van der Waals surface area contributed by atoms with E-state index in [1.165, 1.54) is 24.0 Å². The summed E-state index contributed by atoms with van der Waals surface area (Å²) >= 11 is 0. The molecule has 0 aliphatic carbocycles. The second-order valence-electron chi connectivity index (χ2n) is 7.68. The molecule has 0 bridgehead atoms. The summed E-state index contributed by atoms with van der Waals surface area (Å²) in [6.07, 6.45) is 5.36. The number of rotatable bonds is 4. The molecule has 31 heavy (non-hydrogen) atoms. The minimum atomic E-state index is -4.04. The van der Waals surface area contributed by atoms with E-state index in [0.717, 1.165) is 22.0 Å². The van der Waals surface area contributed by atoms with Crippen LogP contribution in [-0.2, 0) is 19.6 Å². The third kappa shape index (κ3) is 4.11. The number of carbonyl (C=O) groups excluding carboxylic acids is 2. The smallest absolute Gasteiger partial charge is 0.264 e. The topological polar surface area (TPSA) is 99.3 Å². The van der Waals surface area contributed by atoms with E-state index >= 15 is 0 Å². The van der Waals surface area contributed by atoms with Gasteiger partial charge in [-0.2, -0.15) is 0 Å². The fourth-order valence-electron chi connectivity index (χ4n) is 3.85. The molecule has 0 spiro atoms. The Morgan fingerprint density at radius 2 is 1.77 bits per heavy atom. The molecule has 4 rings (SSSR count). The summed E-state index contributed by atoms with van der Waals surface area (Å²) in [6.45, 7) is 3.49. The summed E-state index contributed by atoms with van der Waals surface area (Å²) < 4.78 is 27.3. The fraction of sp³-hybridized carbons (Fsp3) is 0.217. The molecule has 0 saturated carbocycles. The molecule has 2 atom stereocenters. The van der Waals surface area contributed by atoms with Crippen LogP contribution in [0.2, 0.25) is 0 Å². The van der Waals surface area contributed by atoms with Crippen LogP contribution in [0.15, 0.2) is 71.8 Å². The van der Waals surface area contributed by atoms with Crippen molar-refractivity contribution in [1.82, 2.24) is 14.6 Å². The minimum absolute atomic E-state index is 0.00252. The van der Waals surface area contributed by atoms with Crippen LogP contribution in [0.4, 0.5) is 0 Å². The summed E-state index contributed by atoms with van der Waals surface area (Å²) in [4.78, 5) is 29.8. The molecule has 1 aliphatic rings. The van der Waals surface area contributed by atoms with Gasteiger partial charge in [-0.1, -0.05) is 48.0 Å². The highest BCUT2D eigenvalue weighted by molar-refractivity contribution is 7.90. The minimum Gasteiger partial charge on any atom is -0.361 e. The number of aromatic amines is 1. The number of nitrogens with one attached hydrogen (secondary N) is 2. The van der Waals surface area contributed by atoms with E-state index in [9.17, 15) is 18.0 Å². The number of H-pyrrole nitrogens is 1. The van der Waals surface area contributed by atoms with Crippen LogP contribution < -0.4 is 4.72 Å². The van der Waals surface area contributed by atoms with Gasteiger partial charge in [-0.25, -0.2) is 13.1 Å². The summed E-state index contributed by atoms with van der Waals surface area (Å²) in [7, 11) is -4.04. The number of nitrogens with zero attached hydrogens (tertiary/aromatic N) is 1. The van der Waals surface area contributed by atoms with Crippen molar-refractivity contribution in [2.75, 3.05) is 6.54 Å². The summed E-state index contributed by atoms with van der Waals surface area (Å²) in [5.41, 5.74) is 2.92. The molecule has 7 nitrogen and oxygen atoms in total. The molecule has 0 saturated heterocycles. The Labute approximate surface area is 180 Å². The molecule has 2 aromatic carbocycles. The van der Waals surface area contributed by atoms with Crippen LogP contribution in [0, 0.1) is 6.92 Å². The van der Waals surface area contributed by atoms with Crippen molar-refractivity contribution in [3.05, 3.63) is 78.0 Å². The van der Waals surface area contributed by atoms with Gasteiger partial charge in [-0.3, -0.25) is 9.59 Å². The van der Waals surface area contributed by atoms with Crippen molar-refractivity contribution in [2.45, 2.75) is 30.7 Å². The maximum Gasteiger partial charge on any atom is 0.264 e. The molecule has 2 heterocycles. The van der Waals surface area contributed by atoms with Crippen molar-refractivity contribution in [2.24, 2.45) is 0 Å². The molecule has 0 radical (unpaired) electrons. The maximum atomic E-state index is 12.8. The fourth-order valence-corrected chi connectivity index (χ4v) is 4.85. The Kier molecular flexibility index (Phi) is 5.41. The van der Waals surface area contributed by atoms with Gasteiger partial charge in [0.05, 0.1) is 4.90 Å². The van der Waals surface area contributed by atoms with E-state index in [2.05, 4.69) is 9.71 Å². The van der Waals surface area contributed by atoms with Crippen molar-refractivity contribution in [1.29, 1.82) is 0 Å². The summed E-state index contributed by atoms with van der Waals surface area (Å²) in [5, 5.41) is 1.05. The molecule has 0 unspecified atom stereocenters. The normalized spacial score (nSPS) is 18.8. The van der Waals surface area contributed by atoms with Crippen LogP contribution >= 0.6 is 0 Å². The van der Waals surface area contributed by atoms with Crippen molar-refractivity contribution >= 4 is 32.7 Å². The van der Waals surface area contributed by atoms with Crippen molar-refractivity contribution in [3.8, 4) is 0 Å². The number of fused-ring (bicyclic) bond motifs is 1. The van der Waals surface area contributed by atoms with Crippen LogP contribution in [0.25, 0.3) is 10.9 Å². The summed E-state index contributed by atoms with van der Waals surface area (Å²) in [5.74, 6) is -1.18. The van der Waals surface area contributed by atoms with Crippen molar-refractivity contribution in [3.63, 3.8) is 0 Å². The lowest BCUT2D eigenvalue weighted by molar-refractivity contribution is -0.137. The van der Waals surface area contributed by atoms with E-state index in [0.29, 0.717) is 0 Å². The van der Waals surface area contributed by atoms with Gasteiger partial charge in [0.15, 0.2) is 0 Å². The average Bonchev–Trinajstić information content (AvgIpc) is 3.17. The largest absolute Gasteiger partial charge is 0.361 e. The number of hydrogen-bond acceptors (Lipinski definition) is 4.